The van der Waals surface area contributed by atoms with E-state index in [2.05, 4.69) is 21.2 Å². The lowest BCUT2D eigenvalue weighted by molar-refractivity contribution is -0.136. The van der Waals surface area contributed by atoms with Crippen LogP contribution in [-0.4, -0.2) is 36.5 Å². The van der Waals surface area contributed by atoms with Crippen molar-refractivity contribution in [2.75, 3.05) is 11.9 Å². The average molecular weight is 400 g/mol. The van der Waals surface area contributed by atoms with E-state index in [1.165, 1.54) is 37.4 Å². The van der Waals surface area contributed by atoms with Crippen molar-refractivity contribution in [3.63, 3.8) is 0 Å². The topological polar surface area (TPSA) is 139 Å². The van der Waals surface area contributed by atoms with E-state index >= 15 is 0 Å². The predicted octanol–water partition coefficient (Wildman–Crippen LogP) is 1.18. The zero-order valence-electron chi connectivity index (χ0n) is 15.9. The Labute approximate surface area is 166 Å². The molecule has 1 aromatic carbocycles. The number of carbonyl (C=O) groups is 4. The average Bonchev–Trinajstić information content (AvgIpc) is 3.14. The van der Waals surface area contributed by atoms with Crippen LogP contribution in [-0.2, 0) is 25.7 Å². The van der Waals surface area contributed by atoms with Gasteiger partial charge in [0.15, 0.2) is 0 Å². The number of hydrogen-bond donors (Lipinski definition) is 3. The molecule has 3 amide bonds. The zero-order chi connectivity index (χ0) is 21.2. The van der Waals surface area contributed by atoms with Crippen molar-refractivity contribution < 1.29 is 28.3 Å². The third kappa shape index (κ3) is 6.94. The Kier molecular flexibility index (Phi) is 7.66. The molecule has 0 atom stereocenters. The number of hydrogen-bond acceptors (Lipinski definition) is 7. The van der Waals surface area contributed by atoms with Gasteiger partial charge in [0.1, 0.15) is 11.5 Å². The first-order chi connectivity index (χ1) is 13.9. The van der Waals surface area contributed by atoms with Crippen LogP contribution in [0.5, 0.6) is 0 Å². The van der Waals surface area contributed by atoms with E-state index in [1.54, 1.807) is 19.1 Å². The predicted molar refractivity (Wildman–Crippen MR) is 103 cm³/mol. The van der Waals surface area contributed by atoms with Crippen molar-refractivity contribution in [3.8, 4) is 0 Å². The van der Waals surface area contributed by atoms with Gasteiger partial charge in [0.25, 0.3) is 0 Å². The summed E-state index contributed by atoms with van der Waals surface area (Å²) in [5.41, 5.74) is 2.92. The highest BCUT2D eigenvalue weighted by Crippen LogP contribution is 2.11. The van der Waals surface area contributed by atoms with E-state index < -0.39 is 17.8 Å². The van der Waals surface area contributed by atoms with Gasteiger partial charge in [0, 0.05) is 12.6 Å². The van der Waals surface area contributed by atoms with E-state index in [9.17, 15) is 19.2 Å². The summed E-state index contributed by atoms with van der Waals surface area (Å²) in [7, 11) is 0. The molecule has 0 fully saturated rings. The number of hydrazone groups is 1. The van der Waals surface area contributed by atoms with Crippen LogP contribution in [0, 0.1) is 0 Å². The molecule has 152 valence electrons. The molecule has 0 aliphatic heterocycles. The lowest BCUT2D eigenvalue weighted by atomic mass is 10.2. The monoisotopic (exact) mass is 400 g/mol. The Morgan fingerprint density at radius 3 is 2.45 bits per heavy atom. The second-order valence-electron chi connectivity index (χ2n) is 5.66. The maximum Gasteiger partial charge on any atom is 0.338 e. The number of esters is 1. The number of benzene rings is 1. The van der Waals surface area contributed by atoms with Gasteiger partial charge in [-0.05, 0) is 43.3 Å². The van der Waals surface area contributed by atoms with Gasteiger partial charge in [-0.15, -0.1) is 0 Å². The van der Waals surface area contributed by atoms with Gasteiger partial charge in [-0.2, -0.15) is 5.10 Å². The third-order valence-electron chi connectivity index (χ3n) is 3.38. The molecule has 0 aliphatic carbocycles. The van der Waals surface area contributed by atoms with Gasteiger partial charge in [0.05, 0.1) is 24.9 Å². The molecule has 0 saturated carbocycles. The number of anilines is 1. The molecule has 1 heterocycles. The number of nitrogens with zero attached hydrogens (tertiary/aromatic N) is 1. The fourth-order valence-electron chi connectivity index (χ4n) is 2.09. The maximum atomic E-state index is 12.0. The second kappa shape index (κ2) is 10.4. The molecule has 2 rings (SSSR count). The van der Waals surface area contributed by atoms with Crippen LogP contribution in [0.2, 0.25) is 0 Å². The largest absolute Gasteiger partial charge is 0.462 e. The van der Waals surface area contributed by atoms with Crippen molar-refractivity contribution in [3.05, 3.63) is 53.5 Å². The molecule has 0 saturated heterocycles. The van der Waals surface area contributed by atoms with Crippen LogP contribution < -0.4 is 16.1 Å². The number of furan rings is 1. The molecule has 0 aliphatic rings. The van der Waals surface area contributed by atoms with Gasteiger partial charge in [-0.1, -0.05) is 0 Å². The molecular weight excluding hydrogens is 380 g/mol. The smallest absolute Gasteiger partial charge is 0.338 e. The molecule has 3 N–H and O–H groups in total. The van der Waals surface area contributed by atoms with Crippen LogP contribution in [0.25, 0.3) is 0 Å². The molecule has 0 radical (unpaired) electrons. The zero-order valence-corrected chi connectivity index (χ0v) is 15.9. The number of carbonyl (C=O) groups excluding carboxylic acids is 4. The SMILES string of the molecule is CCOC(=O)c1ccc(NC(=O)C(=O)NCc2ccc(/C=N\NC(C)=O)o2)cc1. The van der Waals surface area contributed by atoms with Crippen molar-refractivity contribution in [2.45, 2.75) is 20.4 Å². The lowest BCUT2D eigenvalue weighted by Crippen LogP contribution is -2.34. The van der Waals surface area contributed by atoms with E-state index in [-0.39, 0.29) is 19.1 Å². The van der Waals surface area contributed by atoms with Crippen LogP contribution in [0.4, 0.5) is 5.69 Å². The molecule has 10 heteroatoms. The first-order valence-corrected chi connectivity index (χ1v) is 8.63. The first-order valence-electron chi connectivity index (χ1n) is 8.63. The van der Waals surface area contributed by atoms with Crippen molar-refractivity contribution in [1.82, 2.24) is 10.7 Å². The molecule has 0 unspecified atom stereocenters. The van der Waals surface area contributed by atoms with E-state index in [0.29, 0.717) is 22.8 Å². The Balaban J connectivity index is 1.83. The van der Waals surface area contributed by atoms with Gasteiger partial charge in [-0.25, -0.2) is 10.2 Å². The Bertz CT molecular complexity index is 917. The summed E-state index contributed by atoms with van der Waals surface area (Å²) in [6.07, 6.45) is 1.30. The van der Waals surface area contributed by atoms with Crippen LogP contribution in [0.15, 0.2) is 45.9 Å². The van der Waals surface area contributed by atoms with E-state index in [0.717, 1.165) is 0 Å². The van der Waals surface area contributed by atoms with Crippen LogP contribution in [0.1, 0.15) is 35.7 Å². The van der Waals surface area contributed by atoms with E-state index in [1.807, 2.05) is 0 Å². The normalized spacial score (nSPS) is 10.4. The highest BCUT2D eigenvalue weighted by molar-refractivity contribution is 6.39. The van der Waals surface area contributed by atoms with Gasteiger partial charge >= 0.3 is 17.8 Å². The molecule has 0 bridgehead atoms. The third-order valence-corrected chi connectivity index (χ3v) is 3.38. The Morgan fingerprint density at radius 2 is 1.79 bits per heavy atom. The van der Waals surface area contributed by atoms with Crippen molar-refractivity contribution >= 4 is 35.6 Å². The summed E-state index contributed by atoms with van der Waals surface area (Å²) in [5, 5.41) is 8.50. The summed E-state index contributed by atoms with van der Waals surface area (Å²) in [4.78, 5) is 46.2. The Hall–Kier alpha value is -3.95. The fourth-order valence-corrected chi connectivity index (χ4v) is 2.09. The maximum absolute atomic E-state index is 12.0. The van der Waals surface area contributed by atoms with Crippen molar-refractivity contribution in [2.24, 2.45) is 5.10 Å². The molecule has 10 nitrogen and oxygen atoms in total. The van der Waals surface area contributed by atoms with Crippen LogP contribution >= 0.6 is 0 Å². The molecule has 0 spiro atoms. The molecule has 29 heavy (non-hydrogen) atoms. The van der Waals surface area contributed by atoms with E-state index in [4.69, 9.17) is 9.15 Å². The minimum absolute atomic E-state index is 0.0119. The number of nitrogens with one attached hydrogen (secondary N) is 3. The highest BCUT2D eigenvalue weighted by atomic mass is 16.5. The summed E-state index contributed by atoms with van der Waals surface area (Å²) < 4.78 is 10.2. The summed E-state index contributed by atoms with van der Waals surface area (Å²) in [6, 6.07) is 9.14. The van der Waals surface area contributed by atoms with Gasteiger partial charge in [-0.3, -0.25) is 14.4 Å². The molecule has 1 aromatic heterocycles. The molecular formula is C19H20N4O6. The highest BCUT2D eigenvalue weighted by Gasteiger charge is 2.15. The quantitative estimate of drug-likeness (QED) is 0.276. The second-order valence-corrected chi connectivity index (χ2v) is 5.66. The Morgan fingerprint density at radius 1 is 1.07 bits per heavy atom. The number of rotatable bonds is 7. The van der Waals surface area contributed by atoms with Gasteiger partial charge < -0.3 is 19.8 Å². The minimum Gasteiger partial charge on any atom is -0.462 e. The standard InChI is InChI=1S/C19H20N4O6/c1-3-28-19(27)13-4-6-14(7-5-13)22-18(26)17(25)20-10-15-8-9-16(29-15)11-21-23-12(2)24/h4-9,11H,3,10H2,1-2H3,(H,20,25)(H,22,26)(H,23,24)/b21-11-. The van der Waals surface area contributed by atoms with Crippen molar-refractivity contribution in [1.29, 1.82) is 0 Å². The summed E-state index contributed by atoms with van der Waals surface area (Å²) >= 11 is 0. The summed E-state index contributed by atoms with van der Waals surface area (Å²) in [6.45, 7) is 3.27. The minimum atomic E-state index is -0.868. The number of ether oxygens (including phenoxy) is 1. The first kappa shape index (κ1) is 21.4. The number of amides is 3. The summed E-state index contributed by atoms with van der Waals surface area (Å²) in [5.74, 6) is -1.74. The fraction of sp³-hybridized carbons (Fsp3) is 0.211. The van der Waals surface area contributed by atoms with Gasteiger partial charge in [0.2, 0.25) is 5.91 Å². The lowest BCUT2D eigenvalue weighted by Gasteiger charge is -2.06. The van der Waals surface area contributed by atoms with Crippen LogP contribution in [0.3, 0.4) is 0 Å². The molecule has 2 aromatic rings.